The number of halogens is 1. The van der Waals surface area contributed by atoms with Crippen LogP contribution < -0.4 is 4.74 Å². The highest BCUT2D eigenvalue weighted by atomic mass is 19.1. The van der Waals surface area contributed by atoms with Gasteiger partial charge in [0.25, 0.3) is 5.91 Å². The molecule has 1 unspecified atom stereocenters. The number of aromatic carboxylic acids is 1. The van der Waals surface area contributed by atoms with Crippen molar-refractivity contribution in [3.05, 3.63) is 41.5 Å². The lowest BCUT2D eigenvalue weighted by atomic mass is 10.0. The van der Waals surface area contributed by atoms with E-state index in [9.17, 15) is 14.0 Å². The first-order valence-corrected chi connectivity index (χ1v) is 7.77. The van der Waals surface area contributed by atoms with Crippen LogP contribution in [0.25, 0.3) is 0 Å². The fraction of sp³-hybridized carbons (Fsp3) is 0.375. The van der Waals surface area contributed by atoms with E-state index in [0.717, 1.165) is 6.42 Å². The molecule has 0 spiro atoms. The first-order chi connectivity index (χ1) is 12.0. The maximum Gasteiger partial charge on any atom is 0.358 e. The average Bonchev–Trinajstić information content (AvgIpc) is 3.11. The van der Waals surface area contributed by atoms with Crippen molar-refractivity contribution in [2.75, 3.05) is 20.2 Å². The van der Waals surface area contributed by atoms with Gasteiger partial charge in [-0.25, -0.2) is 13.9 Å². The summed E-state index contributed by atoms with van der Waals surface area (Å²) in [5, 5.41) is 16.3. The van der Waals surface area contributed by atoms with Gasteiger partial charge in [-0.3, -0.25) is 4.79 Å². The SMILES string of the molecule is COc1ccc(C(=O)N2CCCC(n3cc(C(=O)O)nn3)C2)c(F)c1. The molecule has 132 valence electrons. The summed E-state index contributed by atoms with van der Waals surface area (Å²) in [7, 11) is 1.43. The van der Waals surface area contributed by atoms with Crippen LogP contribution in [0.15, 0.2) is 24.4 Å². The largest absolute Gasteiger partial charge is 0.497 e. The standard InChI is InChI=1S/C16H17FN4O4/c1-25-11-4-5-12(13(17)7-11)15(22)20-6-2-3-10(8-20)21-9-14(16(23)24)18-19-21/h4-5,7,9-10H,2-3,6,8H2,1H3,(H,23,24). The Morgan fingerprint density at radius 2 is 2.20 bits per heavy atom. The number of benzene rings is 1. The van der Waals surface area contributed by atoms with Crippen LogP contribution in [0.1, 0.15) is 39.7 Å². The molecule has 1 aliphatic rings. The van der Waals surface area contributed by atoms with E-state index in [2.05, 4.69) is 10.3 Å². The van der Waals surface area contributed by atoms with E-state index >= 15 is 0 Å². The number of hydrogen-bond donors (Lipinski definition) is 1. The van der Waals surface area contributed by atoms with E-state index in [0.29, 0.717) is 25.3 Å². The molecular formula is C16H17FN4O4. The van der Waals surface area contributed by atoms with E-state index in [1.807, 2.05) is 0 Å². The summed E-state index contributed by atoms with van der Waals surface area (Å²) in [6.45, 7) is 0.814. The number of aromatic nitrogens is 3. The van der Waals surface area contributed by atoms with E-state index in [1.54, 1.807) is 4.90 Å². The number of carboxylic acids is 1. The molecule has 9 heteroatoms. The highest BCUT2D eigenvalue weighted by molar-refractivity contribution is 5.94. The van der Waals surface area contributed by atoms with Crippen LogP contribution in [-0.4, -0.2) is 57.1 Å². The number of amides is 1. The zero-order chi connectivity index (χ0) is 18.0. The van der Waals surface area contributed by atoms with E-state index in [1.165, 1.54) is 36.2 Å². The van der Waals surface area contributed by atoms with Crippen LogP contribution in [0.5, 0.6) is 5.75 Å². The Balaban J connectivity index is 1.76. The van der Waals surface area contributed by atoms with E-state index in [-0.39, 0.29) is 17.3 Å². The van der Waals surface area contributed by atoms with Crippen LogP contribution >= 0.6 is 0 Å². The monoisotopic (exact) mass is 348 g/mol. The zero-order valence-electron chi connectivity index (χ0n) is 13.6. The number of hydrogen-bond acceptors (Lipinski definition) is 5. The summed E-state index contributed by atoms with van der Waals surface area (Å²) in [4.78, 5) is 25.1. The number of methoxy groups -OCH3 is 1. The van der Waals surface area contributed by atoms with Crippen LogP contribution in [0.4, 0.5) is 4.39 Å². The molecule has 1 N–H and O–H groups in total. The third kappa shape index (κ3) is 3.44. The number of carboxylic acid groups (broad SMARTS) is 1. The predicted octanol–water partition coefficient (Wildman–Crippen LogP) is 1.60. The minimum absolute atomic E-state index is 0.0220. The van der Waals surface area contributed by atoms with Gasteiger partial charge in [0.15, 0.2) is 5.69 Å². The van der Waals surface area contributed by atoms with Gasteiger partial charge in [0.1, 0.15) is 11.6 Å². The van der Waals surface area contributed by atoms with Crippen molar-refractivity contribution in [3.63, 3.8) is 0 Å². The number of rotatable bonds is 4. The number of ether oxygens (including phenoxy) is 1. The van der Waals surface area contributed by atoms with Gasteiger partial charge in [0.2, 0.25) is 0 Å². The molecule has 1 fully saturated rings. The zero-order valence-corrected chi connectivity index (χ0v) is 13.6. The molecule has 1 saturated heterocycles. The normalized spacial score (nSPS) is 17.4. The molecule has 3 rings (SSSR count). The van der Waals surface area contributed by atoms with Crippen LogP contribution in [0, 0.1) is 5.82 Å². The fourth-order valence-electron chi connectivity index (χ4n) is 2.87. The Labute approximate surface area is 142 Å². The minimum atomic E-state index is -1.16. The summed E-state index contributed by atoms with van der Waals surface area (Å²) in [5.74, 6) is -1.87. The first-order valence-electron chi connectivity index (χ1n) is 7.77. The summed E-state index contributed by atoms with van der Waals surface area (Å²) < 4.78 is 20.5. The summed E-state index contributed by atoms with van der Waals surface area (Å²) in [6.07, 6.45) is 2.78. The number of nitrogens with zero attached hydrogens (tertiary/aromatic N) is 4. The highest BCUT2D eigenvalue weighted by Crippen LogP contribution is 2.24. The molecule has 0 saturated carbocycles. The number of piperidine rings is 1. The lowest BCUT2D eigenvalue weighted by molar-refractivity contribution is 0.0662. The van der Waals surface area contributed by atoms with Crippen molar-refractivity contribution in [2.45, 2.75) is 18.9 Å². The molecule has 2 heterocycles. The van der Waals surface area contributed by atoms with Crippen molar-refractivity contribution in [1.29, 1.82) is 0 Å². The minimum Gasteiger partial charge on any atom is -0.497 e. The van der Waals surface area contributed by atoms with Gasteiger partial charge in [0.05, 0.1) is 24.9 Å². The van der Waals surface area contributed by atoms with Crippen LogP contribution in [0.3, 0.4) is 0 Å². The molecule has 1 amide bonds. The lowest BCUT2D eigenvalue weighted by Gasteiger charge is -2.32. The molecule has 0 aliphatic carbocycles. The number of carbonyl (C=O) groups is 2. The Kier molecular flexibility index (Phi) is 4.64. The Bertz CT molecular complexity index is 807. The van der Waals surface area contributed by atoms with Crippen molar-refractivity contribution in [3.8, 4) is 5.75 Å². The van der Waals surface area contributed by atoms with Gasteiger partial charge in [-0.1, -0.05) is 5.21 Å². The Hall–Kier alpha value is -2.97. The van der Waals surface area contributed by atoms with Gasteiger partial charge in [-0.15, -0.1) is 5.10 Å². The van der Waals surface area contributed by atoms with E-state index in [4.69, 9.17) is 9.84 Å². The molecule has 1 aromatic heterocycles. The molecule has 1 atom stereocenters. The molecule has 25 heavy (non-hydrogen) atoms. The average molecular weight is 348 g/mol. The molecule has 2 aromatic rings. The quantitative estimate of drug-likeness (QED) is 0.901. The maximum absolute atomic E-state index is 14.1. The summed E-state index contributed by atoms with van der Waals surface area (Å²) in [6, 6.07) is 3.91. The first kappa shape index (κ1) is 16.9. The Morgan fingerprint density at radius 1 is 1.40 bits per heavy atom. The molecule has 1 aliphatic heterocycles. The molecule has 1 aromatic carbocycles. The highest BCUT2D eigenvalue weighted by Gasteiger charge is 2.28. The van der Waals surface area contributed by atoms with Crippen molar-refractivity contribution in [2.24, 2.45) is 0 Å². The second-order valence-corrected chi connectivity index (χ2v) is 5.78. The third-order valence-corrected chi connectivity index (χ3v) is 4.19. The topological polar surface area (TPSA) is 97.5 Å². The van der Waals surface area contributed by atoms with Crippen molar-refractivity contribution in [1.82, 2.24) is 19.9 Å². The maximum atomic E-state index is 14.1. The molecule has 0 bridgehead atoms. The van der Waals surface area contributed by atoms with Gasteiger partial charge in [-0.2, -0.15) is 0 Å². The molecular weight excluding hydrogens is 331 g/mol. The fourth-order valence-corrected chi connectivity index (χ4v) is 2.87. The predicted molar refractivity (Wildman–Crippen MR) is 84.1 cm³/mol. The van der Waals surface area contributed by atoms with E-state index < -0.39 is 17.7 Å². The number of carbonyl (C=O) groups excluding carboxylic acids is 1. The van der Waals surface area contributed by atoms with Gasteiger partial charge < -0.3 is 14.7 Å². The van der Waals surface area contributed by atoms with Crippen LogP contribution in [0.2, 0.25) is 0 Å². The van der Waals surface area contributed by atoms with Gasteiger partial charge >= 0.3 is 5.97 Å². The Morgan fingerprint density at radius 3 is 2.84 bits per heavy atom. The summed E-state index contributed by atoms with van der Waals surface area (Å²) in [5.41, 5.74) is -0.170. The van der Waals surface area contributed by atoms with Gasteiger partial charge in [-0.05, 0) is 25.0 Å². The second kappa shape index (κ2) is 6.88. The van der Waals surface area contributed by atoms with Gasteiger partial charge in [0, 0.05) is 19.2 Å². The molecule has 8 nitrogen and oxygen atoms in total. The van der Waals surface area contributed by atoms with Crippen molar-refractivity contribution < 1.29 is 23.8 Å². The van der Waals surface area contributed by atoms with Crippen LogP contribution in [-0.2, 0) is 0 Å². The third-order valence-electron chi connectivity index (χ3n) is 4.19. The second-order valence-electron chi connectivity index (χ2n) is 5.78. The summed E-state index contributed by atoms with van der Waals surface area (Å²) >= 11 is 0. The number of likely N-dealkylation sites (tertiary alicyclic amines) is 1. The van der Waals surface area contributed by atoms with Crippen molar-refractivity contribution >= 4 is 11.9 Å². The lowest BCUT2D eigenvalue weighted by Crippen LogP contribution is -2.41. The molecule has 0 radical (unpaired) electrons. The smallest absolute Gasteiger partial charge is 0.358 e.